The summed E-state index contributed by atoms with van der Waals surface area (Å²) < 4.78 is 0. The van der Waals surface area contributed by atoms with Gasteiger partial charge in [-0.25, -0.2) is 0 Å². The van der Waals surface area contributed by atoms with Crippen LogP contribution in [-0.4, -0.2) is 38.1 Å². The van der Waals surface area contributed by atoms with Gasteiger partial charge in [0.2, 0.25) is 0 Å². The molecule has 0 aliphatic heterocycles. The number of nitrogens with zero attached hydrogens (tertiary/aromatic N) is 1. The Hall–Kier alpha value is -0.0800. The fraction of sp³-hybridized carbons (Fsp3) is 1.00. The first-order chi connectivity index (χ1) is 6.20. The Balaban J connectivity index is 3.08. The van der Waals surface area contributed by atoms with E-state index in [0.29, 0.717) is 0 Å². The Bertz CT molecular complexity index is 92.3. The van der Waals surface area contributed by atoms with Crippen molar-refractivity contribution in [1.82, 2.24) is 10.2 Å². The lowest BCUT2D eigenvalue weighted by Gasteiger charge is -2.14. The van der Waals surface area contributed by atoms with Crippen molar-refractivity contribution >= 4 is 0 Å². The van der Waals surface area contributed by atoms with Crippen LogP contribution in [0.25, 0.3) is 0 Å². The molecular weight excluding hydrogens is 160 g/mol. The average molecular weight is 186 g/mol. The van der Waals surface area contributed by atoms with Crippen LogP contribution in [0.2, 0.25) is 0 Å². The molecule has 0 bridgehead atoms. The number of rotatable bonds is 8. The van der Waals surface area contributed by atoms with Crippen LogP contribution in [-0.2, 0) is 0 Å². The lowest BCUT2D eigenvalue weighted by molar-refractivity contribution is 0.342. The number of nitrogens with one attached hydrogen (secondary N) is 1. The van der Waals surface area contributed by atoms with Crippen LogP contribution in [0.15, 0.2) is 0 Å². The van der Waals surface area contributed by atoms with Gasteiger partial charge in [-0.1, -0.05) is 27.2 Å². The zero-order valence-corrected chi connectivity index (χ0v) is 9.77. The second-order valence-electron chi connectivity index (χ2n) is 3.97. The molecule has 80 valence electrons. The van der Waals surface area contributed by atoms with Crippen LogP contribution >= 0.6 is 0 Å². The molecule has 2 heteroatoms. The van der Waals surface area contributed by atoms with E-state index in [1.54, 1.807) is 0 Å². The van der Waals surface area contributed by atoms with Gasteiger partial charge >= 0.3 is 0 Å². The summed E-state index contributed by atoms with van der Waals surface area (Å²) in [5, 5.41) is 3.49. The highest BCUT2D eigenvalue weighted by Crippen LogP contribution is 1.96. The summed E-state index contributed by atoms with van der Waals surface area (Å²) in [5.74, 6) is 0.823. The van der Waals surface area contributed by atoms with E-state index in [4.69, 9.17) is 0 Å². The molecule has 0 aliphatic rings. The van der Waals surface area contributed by atoms with Gasteiger partial charge in [0.05, 0.1) is 0 Å². The van der Waals surface area contributed by atoms with Gasteiger partial charge in [0.1, 0.15) is 0 Å². The van der Waals surface area contributed by atoms with E-state index < -0.39 is 0 Å². The molecule has 0 heterocycles. The standard InChI is InChI=1S/C11H26N2/c1-5-11(3)10-12-8-7-9-13(4)6-2/h11-12H,5-10H2,1-4H3/t11-/m0/s1. The van der Waals surface area contributed by atoms with E-state index in [1.807, 2.05) is 0 Å². The highest BCUT2D eigenvalue weighted by atomic mass is 15.1. The second-order valence-corrected chi connectivity index (χ2v) is 3.97. The van der Waals surface area contributed by atoms with Gasteiger partial charge in [-0.2, -0.15) is 0 Å². The zero-order chi connectivity index (χ0) is 10.1. The fourth-order valence-corrected chi connectivity index (χ4v) is 1.12. The van der Waals surface area contributed by atoms with Crippen LogP contribution in [0.1, 0.15) is 33.6 Å². The minimum Gasteiger partial charge on any atom is -0.316 e. The first kappa shape index (κ1) is 12.9. The molecule has 0 fully saturated rings. The Labute approximate surface area is 83.7 Å². The van der Waals surface area contributed by atoms with Crippen molar-refractivity contribution < 1.29 is 0 Å². The maximum absolute atomic E-state index is 3.49. The Morgan fingerprint density at radius 1 is 1.31 bits per heavy atom. The third-order valence-electron chi connectivity index (χ3n) is 2.62. The number of hydrogen-bond donors (Lipinski definition) is 1. The molecule has 0 aromatic carbocycles. The van der Waals surface area contributed by atoms with Crippen LogP contribution in [0.4, 0.5) is 0 Å². The van der Waals surface area contributed by atoms with Crippen molar-refractivity contribution in [3.05, 3.63) is 0 Å². The fourth-order valence-electron chi connectivity index (χ4n) is 1.12. The second kappa shape index (κ2) is 8.52. The Morgan fingerprint density at radius 3 is 2.54 bits per heavy atom. The highest BCUT2D eigenvalue weighted by molar-refractivity contribution is 4.56. The molecule has 1 N–H and O–H groups in total. The van der Waals surface area contributed by atoms with Gasteiger partial charge in [0.25, 0.3) is 0 Å². The first-order valence-electron chi connectivity index (χ1n) is 5.59. The molecule has 0 amide bonds. The Morgan fingerprint density at radius 2 is 2.00 bits per heavy atom. The van der Waals surface area contributed by atoms with Gasteiger partial charge < -0.3 is 10.2 Å². The quantitative estimate of drug-likeness (QED) is 0.583. The molecule has 0 rings (SSSR count). The lowest BCUT2D eigenvalue weighted by Crippen LogP contribution is -2.26. The highest BCUT2D eigenvalue weighted by Gasteiger charge is 1.97. The summed E-state index contributed by atoms with van der Waals surface area (Å²) in [4.78, 5) is 2.35. The van der Waals surface area contributed by atoms with Crippen molar-refractivity contribution in [2.24, 2.45) is 5.92 Å². The molecule has 0 spiro atoms. The predicted molar refractivity (Wildman–Crippen MR) is 60.1 cm³/mol. The molecule has 0 unspecified atom stereocenters. The molecular formula is C11H26N2. The minimum absolute atomic E-state index is 0.823. The Kier molecular flexibility index (Phi) is 8.46. The van der Waals surface area contributed by atoms with E-state index >= 15 is 0 Å². The monoisotopic (exact) mass is 186 g/mol. The van der Waals surface area contributed by atoms with E-state index in [1.165, 1.54) is 25.9 Å². The topological polar surface area (TPSA) is 15.3 Å². The van der Waals surface area contributed by atoms with Crippen molar-refractivity contribution in [3.63, 3.8) is 0 Å². The summed E-state index contributed by atoms with van der Waals surface area (Å²) >= 11 is 0. The maximum Gasteiger partial charge on any atom is -0.000981 e. The molecule has 2 nitrogen and oxygen atoms in total. The SMILES string of the molecule is CC[C@H](C)CNCCCN(C)CC. The van der Waals surface area contributed by atoms with Gasteiger partial charge in [0.15, 0.2) is 0 Å². The van der Waals surface area contributed by atoms with Crippen LogP contribution in [0.3, 0.4) is 0 Å². The minimum atomic E-state index is 0.823. The van der Waals surface area contributed by atoms with Gasteiger partial charge in [-0.3, -0.25) is 0 Å². The predicted octanol–water partition coefficient (Wildman–Crippen LogP) is 1.96. The maximum atomic E-state index is 3.49. The normalized spacial score (nSPS) is 13.6. The van der Waals surface area contributed by atoms with Crippen LogP contribution < -0.4 is 5.32 Å². The molecule has 0 saturated carbocycles. The zero-order valence-electron chi connectivity index (χ0n) is 9.77. The van der Waals surface area contributed by atoms with Gasteiger partial charge in [-0.05, 0) is 45.6 Å². The average Bonchev–Trinajstić information content (AvgIpc) is 2.16. The summed E-state index contributed by atoms with van der Waals surface area (Å²) in [6.45, 7) is 11.4. The van der Waals surface area contributed by atoms with E-state index in [9.17, 15) is 0 Å². The summed E-state index contributed by atoms with van der Waals surface area (Å²) in [6, 6.07) is 0. The molecule has 0 saturated heterocycles. The van der Waals surface area contributed by atoms with Crippen molar-refractivity contribution in [2.75, 3.05) is 33.2 Å². The van der Waals surface area contributed by atoms with E-state index in [2.05, 4.69) is 38.0 Å². The van der Waals surface area contributed by atoms with Gasteiger partial charge in [0, 0.05) is 0 Å². The van der Waals surface area contributed by atoms with E-state index in [0.717, 1.165) is 19.0 Å². The third kappa shape index (κ3) is 8.26. The summed E-state index contributed by atoms with van der Waals surface area (Å²) in [5.41, 5.74) is 0. The van der Waals surface area contributed by atoms with E-state index in [-0.39, 0.29) is 0 Å². The molecule has 0 aromatic heterocycles. The first-order valence-corrected chi connectivity index (χ1v) is 5.59. The molecule has 0 aromatic rings. The molecule has 0 aliphatic carbocycles. The summed E-state index contributed by atoms with van der Waals surface area (Å²) in [7, 11) is 2.18. The van der Waals surface area contributed by atoms with Crippen molar-refractivity contribution in [3.8, 4) is 0 Å². The molecule has 1 atom stereocenters. The molecule has 0 radical (unpaired) electrons. The van der Waals surface area contributed by atoms with Crippen molar-refractivity contribution in [2.45, 2.75) is 33.6 Å². The third-order valence-corrected chi connectivity index (χ3v) is 2.62. The van der Waals surface area contributed by atoms with Gasteiger partial charge in [-0.15, -0.1) is 0 Å². The van der Waals surface area contributed by atoms with Crippen molar-refractivity contribution in [1.29, 1.82) is 0 Å². The largest absolute Gasteiger partial charge is 0.316 e. The summed E-state index contributed by atoms with van der Waals surface area (Å²) in [6.07, 6.45) is 2.54. The van der Waals surface area contributed by atoms with Crippen LogP contribution in [0.5, 0.6) is 0 Å². The number of hydrogen-bond acceptors (Lipinski definition) is 2. The lowest BCUT2D eigenvalue weighted by atomic mass is 10.1. The molecule has 13 heavy (non-hydrogen) atoms. The van der Waals surface area contributed by atoms with Crippen LogP contribution in [0, 0.1) is 5.92 Å². The smallest absolute Gasteiger partial charge is 0.000981 e.